The topological polar surface area (TPSA) is 38.3 Å². The van der Waals surface area contributed by atoms with Crippen LogP contribution in [0.4, 0.5) is 0 Å². The van der Waals surface area contributed by atoms with E-state index in [0.29, 0.717) is 12.0 Å². The fourth-order valence-electron chi connectivity index (χ4n) is 2.49. The maximum Gasteiger partial charge on any atom is 0.323 e. The van der Waals surface area contributed by atoms with Gasteiger partial charge in [-0.3, -0.25) is 10.1 Å². The lowest BCUT2D eigenvalue weighted by atomic mass is 9.89. The van der Waals surface area contributed by atoms with E-state index in [1.54, 1.807) is 0 Å². The first-order valence-electron chi connectivity index (χ1n) is 6.11. The lowest BCUT2D eigenvalue weighted by Crippen LogP contribution is -2.39. The van der Waals surface area contributed by atoms with E-state index in [2.05, 4.69) is 17.5 Å². The average Bonchev–Trinajstić information content (AvgIpc) is 2.58. The van der Waals surface area contributed by atoms with Gasteiger partial charge in [-0.05, 0) is 46.0 Å². The van der Waals surface area contributed by atoms with Crippen molar-refractivity contribution in [2.24, 2.45) is 5.92 Å². The molecular weight excluding hydrogens is 202 g/mol. The fraction of sp³-hybridized carbons (Fsp3) is 0.769. The smallest absolute Gasteiger partial charge is 0.323 e. The van der Waals surface area contributed by atoms with Crippen molar-refractivity contribution in [3.05, 3.63) is 12.2 Å². The molecule has 0 spiro atoms. The van der Waals surface area contributed by atoms with E-state index < -0.39 is 0 Å². The highest BCUT2D eigenvalue weighted by Crippen LogP contribution is 2.30. The van der Waals surface area contributed by atoms with Crippen molar-refractivity contribution >= 4 is 5.97 Å². The van der Waals surface area contributed by atoms with Crippen LogP contribution in [-0.2, 0) is 9.53 Å². The zero-order valence-corrected chi connectivity index (χ0v) is 10.3. The second-order valence-electron chi connectivity index (χ2n) is 5.78. The van der Waals surface area contributed by atoms with Crippen molar-refractivity contribution in [1.29, 1.82) is 0 Å². The van der Waals surface area contributed by atoms with Crippen LogP contribution in [0, 0.1) is 5.92 Å². The van der Waals surface area contributed by atoms with Gasteiger partial charge in [0.1, 0.15) is 11.6 Å². The molecule has 0 aromatic rings. The van der Waals surface area contributed by atoms with E-state index in [4.69, 9.17) is 4.74 Å². The second-order valence-corrected chi connectivity index (χ2v) is 5.78. The van der Waals surface area contributed by atoms with Gasteiger partial charge in [-0.25, -0.2) is 0 Å². The molecule has 1 unspecified atom stereocenters. The van der Waals surface area contributed by atoms with Crippen LogP contribution in [-0.4, -0.2) is 23.7 Å². The molecule has 3 atom stereocenters. The van der Waals surface area contributed by atoms with Gasteiger partial charge in [0.05, 0.1) is 0 Å². The molecule has 1 aliphatic heterocycles. The first kappa shape index (κ1) is 11.6. The van der Waals surface area contributed by atoms with E-state index in [9.17, 15) is 4.79 Å². The number of esters is 1. The highest BCUT2D eigenvalue weighted by Gasteiger charge is 2.38. The number of carbonyl (C=O) groups excluding carboxylic acids is 1. The van der Waals surface area contributed by atoms with Gasteiger partial charge in [0.25, 0.3) is 0 Å². The largest absolute Gasteiger partial charge is 0.459 e. The SMILES string of the molecule is CC(C)(C)OC(=O)[C@@H]1C[C@H]2CCC=CC2N1. The van der Waals surface area contributed by atoms with Gasteiger partial charge >= 0.3 is 5.97 Å². The van der Waals surface area contributed by atoms with Crippen LogP contribution < -0.4 is 5.32 Å². The molecule has 2 aliphatic rings. The number of fused-ring (bicyclic) bond motifs is 1. The highest BCUT2D eigenvalue weighted by atomic mass is 16.6. The Balaban J connectivity index is 1.93. The zero-order chi connectivity index (χ0) is 11.8. The molecule has 1 heterocycles. The Labute approximate surface area is 97.2 Å². The third-order valence-electron chi connectivity index (χ3n) is 3.18. The first-order valence-corrected chi connectivity index (χ1v) is 6.11. The average molecular weight is 223 g/mol. The summed E-state index contributed by atoms with van der Waals surface area (Å²) in [6.45, 7) is 5.73. The summed E-state index contributed by atoms with van der Waals surface area (Å²) in [5, 5.41) is 3.35. The van der Waals surface area contributed by atoms with Crippen molar-refractivity contribution in [2.75, 3.05) is 0 Å². The molecule has 1 aliphatic carbocycles. The van der Waals surface area contributed by atoms with Gasteiger partial charge < -0.3 is 4.74 Å². The Bertz CT molecular complexity index is 304. The van der Waals surface area contributed by atoms with Crippen LogP contribution in [0.25, 0.3) is 0 Å². The summed E-state index contributed by atoms with van der Waals surface area (Å²) in [4.78, 5) is 11.9. The number of hydrogen-bond donors (Lipinski definition) is 1. The number of hydrogen-bond acceptors (Lipinski definition) is 3. The minimum absolute atomic E-state index is 0.102. The van der Waals surface area contributed by atoms with Gasteiger partial charge in [-0.2, -0.15) is 0 Å². The van der Waals surface area contributed by atoms with Gasteiger partial charge in [-0.1, -0.05) is 12.2 Å². The minimum atomic E-state index is -0.387. The van der Waals surface area contributed by atoms with Crippen LogP contribution >= 0.6 is 0 Å². The summed E-state index contributed by atoms with van der Waals surface area (Å²) < 4.78 is 5.40. The van der Waals surface area contributed by atoms with E-state index >= 15 is 0 Å². The molecule has 0 amide bonds. The molecule has 0 radical (unpaired) electrons. The Kier molecular flexibility index (Phi) is 3.06. The summed E-state index contributed by atoms with van der Waals surface area (Å²) in [7, 11) is 0. The van der Waals surface area contributed by atoms with Crippen LogP contribution in [0.1, 0.15) is 40.0 Å². The monoisotopic (exact) mass is 223 g/mol. The first-order chi connectivity index (χ1) is 7.46. The molecule has 2 rings (SSSR count). The Morgan fingerprint density at radius 3 is 2.81 bits per heavy atom. The predicted molar refractivity (Wildman–Crippen MR) is 63.0 cm³/mol. The Morgan fingerprint density at radius 2 is 2.19 bits per heavy atom. The van der Waals surface area contributed by atoms with Crippen LogP contribution in [0.5, 0.6) is 0 Å². The van der Waals surface area contributed by atoms with Crippen molar-refractivity contribution in [1.82, 2.24) is 5.32 Å². The maximum absolute atomic E-state index is 11.9. The van der Waals surface area contributed by atoms with Gasteiger partial charge in [-0.15, -0.1) is 0 Å². The standard InChI is InChI=1S/C13H21NO2/c1-13(2,3)16-12(15)11-8-9-6-4-5-7-10(9)14-11/h5,7,9-11,14H,4,6,8H2,1-3H3/t9-,10?,11+/m1/s1. The van der Waals surface area contributed by atoms with E-state index in [-0.39, 0.29) is 17.6 Å². The van der Waals surface area contributed by atoms with E-state index in [1.807, 2.05) is 20.8 Å². The number of allylic oxidation sites excluding steroid dienone is 1. The van der Waals surface area contributed by atoms with Crippen molar-refractivity contribution < 1.29 is 9.53 Å². The number of ether oxygens (including phenoxy) is 1. The zero-order valence-electron chi connectivity index (χ0n) is 10.3. The van der Waals surface area contributed by atoms with E-state index in [0.717, 1.165) is 12.8 Å². The third-order valence-corrected chi connectivity index (χ3v) is 3.18. The van der Waals surface area contributed by atoms with Crippen molar-refractivity contribution in [3.8, 4) is 0 Å². The third kappa shape index (κ3) is 2.64. The highest BCUT2D eigenvalue weighted by molar-refractivity contribution is 5.76. The minimum Gasteiger partial charge on any atom is -0.459 e. The lowest BCUT2D eigenvalue weighted by Gasteiger charge is -2.22. The molecule has 90 valence electrons. The summed E-state index contributed by atoms with van der Waals surface area (Å²) in [6, 6.07) is 0.267. The quantitative estimate of drug-likeness (QED) is 0.546. The number of rotatable bonds is 1. The normalized spacial score (nSPS) is 33.6. The number of nitrogens with one attached hydrogen (secondary N) is 1. The summed E-state index contributed by atoms with van der Waals surface area (Å²) in [6.07, 6.45) is 7.64. The van der Waals surface area contributed by atoms with Gasteiger partial charge in [0, 0.05) is 6.04 Å². The molecule has 0 bridgehead atoms. The summed E-state index contributed by atoms with van der Waals surface area (Å²) in [5.74, 6) is 0.512. The van der Waals surface area contributed by atoms with Crippen LogP contribution in [0.15, 0.2) is 12.2 Å². The van der Waals surface area contributed by atoms with Gasteiger partial charge in [0.2, 0.25) is 0 Å². The van der Waals surface area contributed by atoms with Crippen molar-refractivity contribution in [2.45, 2.75) is 57.7 Å². The van der Waals surface area contributed by atoms with E-state index in [1.165, 1.54) is 6.42 Å². The molecule has 1 fully saturated rings. The lowest BCUT2D eigenvalue weighted by molar-refractivity contribution is -0.157. The molecular formula is C13H21NO2. The molecule has 0 saturated carbocycles. The molecule has 0 aromatic heterocycles. The summed E-state index contributed by atoms with van der Waals surface area (Å²) in [5.41, 5.74) is -0.387. The molecule has 16 heavy (non-hydrogen) atoms. The Morgan fingerprint density at radius 1 is 1.44 bits per heavy atom. The van der Waals surface area contributed by atoms with Crippen LogP contribution in [0.2, 0.25) is 0 Å². The second kappa shape index (κ2) is 4.21. The van der Waals surface area contributed by atoms with Crippen molar-refractivity contribution in [3.63, 3.8) is 0 Å². The molecule has 1 N–H and O–H groups in total. The molecule has 0 aromatic carbocycles. The number of carbonyl (C=O) groups is 1. The summed E-state index contributed by atoms with van der Waals surface area (Å²) >= 11 is 0. The molecule has 1 saturated heterocycles. The van der Waals surface area contributed by atoms with Gasteiger partial charge in [0.15, 0.2) is 0 Å². The molecule has 3 nitrogen and oxygen atoms in total. The maximum atomic E-state index is 11.9. The molecule has 3 heteroatoms. The van der Waals surface area contributed by atoms with Crippen LogP contribution in [0.3, 0.4) is 0 Å². The fourth-order valence-corrected chi connectivity index (χ4v) is 2.49. The Hall–Kier alpha value is -0.830. The predicted octanol–water partition coefficient (Wildman–Crippen LogP) is 2.02.